The molecule has 0 unspecified atom stereocenters. The zero-order valence-electron chi connectivity index (χ0n) is 11.0. The van der Waals surface area contributed by atoms with E-state index in [4.69, 9.17) is 17.3 Å². The molecule has 1 aromatic carbocycles. The Morgan fingerprint density at radius 1 is 1.33 bits per heavy atom. The summed E-state index contributed by atoms with van der Waals surface area (Å²) in [6, 6.07) is 4.95. The molecule has 0 aliphatic heterocycles. The monoisotopic (exact) mass is 307 g/mol. The number of nitrogens with two attached hydrogens (primary N) is 1. The van der Waals surface area contributed by atoms with Gasteiger partial charge in [-0.2, -0.15) is 0 Å². The summed E-state index contributed by atoms with van der Waals surface area (Å²) in [5, 5.41) is 2.54. The summed E-state index contributed by atoms with van der Waals surface area (Å²) < 4.78 is 13.7. The fourth-order valence-corrected chi connectivity index (χ4v) is 1.95. The summed E-state index contributed by atoms with van der Waals surface area (Å²) in [6.45, 7) is 1.73. The summed E-state index contributed by atoms with van der Waals surface area (Å²) in [5.41, 5.74) is 5.79. The van der Waals surface area contributed by atoms with Gasteiger partial charge in [-0.1, -0.05) is 11.6 Å². The molecule has 21 heavy (non-hydrogen) atoms. The topological polar surface area (TPSA) is 85.1 Å². The maximum atomic E-state index is 13.7. The average Bonchev–Trinajstić information content (AvgIpc) is 2.40. The number of primary amides is 1. The second-order valence-electron chi connectivity index (χ2n) is 4.32. The maximum Gasteiger partial charge on any atom is 0.258 e. The number of nitrogens with zero attached hydrogens (tertiary/aromatic N) is 1. The van der Waals surface area contributed by atoms with Crippen molar-refractivity contribution in [3.8, 4) is 0 Å². The molecule has 7 heteroatoms. The van der Waals surface area contributed by atoms with Crippen molar-refractivity contribution in [1.29, 1.82) is 0 Å². The van der Waals surface area contributed by atoms with Crippen molar-refractivity contribution in [1.82, 2.24) is 4.98 Å². The first kappa shape index (κ1) is 14.9. The second-order valence-corrected chi connectivity index (χ2v) is 4.73. The van der Waals surface area contributed by atoms with Gasteiger partial charge >= 0.3 is 0 Å². The van der Waals surface area contributed by atoms with Gasteiger partial charge in [0.15, 0.2) is 0 Å². The van der Waals surface area contributed by atoms with Crippen molar-refractivity contribution < 1.29 is 14.0 Å². The molecule has 0 radical (unpaired) electrons. The van der Waals surface area contributed by atoms with Crippen molar-refractivity contribution in [2.24, 2.45) is 5.73 Å². The van der Waals surface area contributed by atoms with Crippen LogP contribution in [0, 0.1) is 12.7 Å². The van der Waals surface area contributed by atoms with Gasteiger partial charge in [0.2, 0.25) is 5.91 Å². The number of pyridine rings is 1. The standard InChI is InChI=1S/C14H11ClFN3O2/c1-7-4-10(15)9(6-18-7)14(21)19-12-5-8(13(17)20)2-3-11(12)16/h2-6H,1H3,(H2,17,20)(H,19,21). The van der Waals surface area contributed by atoms with Crippen LogP contribution in [0.4, 0.5) is 10.1 Å². The summed E-state index contributed by atoms with van der Waals surface area (Å²) in [6.07, 6.45) is 1.29. The SMILES string of the molecule is Cc1cc(Cl)c(C(=O)Nc2cc(C(N)=O)ccc2F)cn1. The minimum Gasteiger partial charge on any atom is -0.366 e. The molecule has 0 saturated carbocycles. The quantitative estimate of drug-likeness (QED) is 0.913. The number of carbonyl (C=O) groups is 2. The van der Waals surface area contributed by atoms with Gasteiger partial charge in [0.25, 0.3) is 5.91 Å². The zero-order valence-corrected chi connectivity index (χ0v) is 11.7. The Bertz CT molecular complexity index is 734. The highest BCUT2D eigenvalue weighted by molar-refractivity contribution is 6.34. The number of hydrogen-bond donors (Lipinski definition) is 2. The molecule has 0 atom stereocenters. The van der Waals surface area contributed by atoms with Gasteiger partial charge in [-0.15, -0.1) is 0 Å². The third-order valence-electron chi connectivity index (χ3n) is 2.73. The lowest BCUT2D eigenvalue weighted by Gasteiger charge is -2.09. The molecule has 1 heterocycles. The summed E-state index contributed by atoms with van der Waals surface area (Å²) in [5.74, 6) is -2.04. The van der Waals surface area contributed by atoms with Gasteiger partial charge in [0.1, 0.15) is 5.82 Å². The van der Waals surface area contributed by atoms with Crippen LogP contribution in [0.25, 0.3) is 0 Å². The molecule has 0 spiro atoms. The lowest BCUT2D eigenvalue weighted by molar-refractivity contribution is 0.0996. The van der Waals surface area contributed by atoms with Crippen molar-refractivity contribution in [3.05, 3.63) is 58.1 Å². The first-order valence-corrected chi connectivity index (χ1v) is 6.29. The number of halogens is 2. The molecule has 1 aromatic heterocycles. The lowest BCUT2D eigenvalue weighted by Crippen LogP contribution is -2.16. The van der Waals surface area contributed by atoms with Crippen LogP contribution in [0.1, 0.15) is 26.4 Å². The van der Waals surface area contributed by atoms with Crippen LogP contribution in [0.5, 0.6) is 0 Å². The lowest BCUT2D eigenvalue weighted by atomic mass is 10.1. The van der Waals surface area contributed by atoms with Crippen LogP contribution in [-0.2, 0) is 0 Å². The minimum atomic E-state index is -0.722. The first-order valence-electron chi connectivity index (χ1n) is 5.91. The van der Waals surface area contributed by atoms with Gasteiger partial charge in [0.05, 0.1) is 16.3 Å². The molecular weight excluding hydrogens is 297 g/mol. The Balaban J connectivity index is 2.31. The number of rotatable bonds is 3. The van der Waals surface area contributed by atoms with Crippen LogP contribution < -0.4 is 11.1 Å². The molecule has 0 saturated heterocycles. The fourth-order valence-electron chi connectivity index (χ4n) is 1.66. The molecule has 2 amide bonds. The number of benzene rings is 1. The van der Waals surface area contributed by atoms with Crippen LogP contribution in [-0.4, -0.2) is 16.8 Å². The van der Waals surface area contributed by atoms with Crippen LogP contribution in [0.15, 0.2) is 30.5 Å². The number of aryl methyl sites for hydroxylation is 1. The Hall–Kier alpha value is -2.47. The Morgan fingerprint density at radius 2 is 2.05 bits per heavy atom. The molecule has 2 rings (SSSR count). The molecule has 108 valence electrons. The van der Waals surface area contributed by atoms with E-state index in [9.17, 15) is 14.0 Å². The molecular formula is C14H11ClFN3O2. The first-order chi connectivity index (χ1) is 9.88. The van der Waals surface area contributed by atoms with Crippen LogP contribution in [0.3, 0.4) is 0 Å². The van der Waals surface area contributed by atoms with Crippen LogP contribution >= 0.6 is 11.6 Å². The Kier molecular flexibility index (Phi) is 4.18. The summed E-state index contributed by atoms with van der Waals surface area (Å²) in [4.78, 5) is 27.1. The highest BCUT2D eigenvalue weighted by Crippen LogP contribution is 2.20. The van der Waals surface area contributed by atoms with Crippen LogP contribution in [0.2, 0.25) is 5.02 Å². The zero-order chi connectivity index (χ0) is 15.6. The number of amides is 2. The highest BCUT2D eigenvalue weighted by Gasteiger charge is 2.14. The van der Waals surface area contributed by atoms with Gasteiger partial charge < -0.3 is 11.1 Å². The number of aromatic nitrogens is 1. The van der Waals surface area contributed by atoms with E-state index >= 15 is 0 Å². The summed E-state index contributed by atoms with van der Waals surface area (Å²) >= 11 is 5.94. The number of nitrogens with one attached hydrogen (secondary N) is 1. The van der Waals surface area contributed by atoms with Crippen molar-refractivity contribution in [2.45, 2.75) is 6.92 Å². The predicted octanol–water partition coefficient (Wildman–Crippen LogP) is 2.53. The molecule has 3 N–H and O–H groups in total. The smallest absolute Gasteiger partial charge is 0.258 e. The normalized spacial score (nSPS) is 10.2. The molecule has 0 aliphatic carbocycles. The largest absolute Gasteiger partial charge is 0.366 e. The van der Waals surface area contributed by atoms with Crippen molar-refractivity contribution >= 4 is 29.1 Å². The molecule has 0 fully saturated rings. The van der Waals surface area contributed by atoms with E-state index < -0.39 is 17.6 Å². The summed E-state index contributed by atoms with van der Waals surface area (Å²) in [7, 11) is 0. The minimum absolute atomic E-state index is 0.0832. The van der Waals surface area contributed by atoms with E-state index in [0.717, 1.165) is 12.1 Å². The van der Waals surface area contributed by atoms with Gasteiger partial charge in [0, 0.05) is 17.5 Å². The highest BCUT2D eigenvalue weighted by atomic mass is 35.5. The van der Waals surface area contributed by atoms with Gasteiger partial charge in [-0.25, -0.2) is 4.39 Å². The number of carbonyl (C=O) groups excluding carboxylic acids is 2. The van der Waals surface area contributed by atoms with Gasteiger partial charge in [-0.05, 0) is 31.2 Å². The Morgan fingerprint density at radius 3 is 2.67 bits per heavy atom. The van der Waals surface area contributed by atoms with E-state index in [-0.39, 0.29) is 21.8 Å². The molecule has 0 bridgehead atoms. The van der Waals surface area contributed by atoms with Gasteiger partial charge in [-0.3, -0.25) is 14.6 Å². The third-order valence-corrected chi connectivity index (χ3v) is 3.05. The van der Waals surface area contributed by atoms with E-state index in [1.54, 1.807) is 6.92 Å². The number of anilines is 1. The Labute approximate surface area is 124 Å². The van der Waals surface area contributed by atoms with Crippen molar-refractivity contribution in [3.63, 3.8) is 0 Å². The van der Waals surface area contributed by atoms with E-state index in [2.05, 4.69) is 10.3 Å². The number of hydrogen-bond acceptors (Lipinski definition) is 3. The van der Waals surface area contributed by atoms with Crippen molar-refractivity contribution in [2.75, 3.05) is 5.32 Å². The maximum absolute atomic E-state index is 13.7. The van der Waals surface area contributed by atoms with E-state index in [0.29, 0.717) is 5.69 Å². The van der Waals surface area contributed by atoms with E-state index in [1.165, 1.54) is 18.3 Å². The fraction of sp³-hybridized carbons (Fsp3) is 0.0714. The predicted molar refractivity (Wildman–Crippen MR) is 76.9 cm³/mol. The van der Waals surface area contributed by atoms with E-state index in [1.807, 2.05) is 0 Å². The molecule has 5 nitrogen and oxygen atoms in total. The third kappa shape index (κ3) is 3.35. The average molecular weight is 308 g/mol. The molecule has 0 aliphatic rings. The second kappa shape index (κ2) is 5.88. The molecule has 2 aromatic rings.